The summed E-state index contributed by atoms with van der Waals surface area (Å²) in [5, 5.41) is 0.646. The minimum Gasteiger partial charge on any atom is -0.497 e. The molecule has 0 atom stereocenters. The summed E-state index contributed by atoms with van der Waals surface area (Å²) in [6.45, 7) is 1.38. The molecular formula is C15H19N3O2S. The zero-order chi connectivity index (χ0) is 15.2. The Hall–Kier alpha value is -1.79. The molecule has 0 aliphatic heterocycles. The first-order valence-electron chi connectivity index (χ1n) is 6.56. The molecule has 0 amide bonds. The molecule has 112 valence electrons. The molecule has 1 N–H and O–H groups in total. The third-order valence-electron chi connectivity index (χ3n) is 2.98. The molecule has 0 saturated carbocycles. The monoisotopic (exact) mass is 305 g/mol. The van der Waals surface area contributed by atoms with Crippen molar-refractivity contribution < 1.29 is 4.74 Å². The average Bonchev–Trinajstić information content (AvgIpc) is 2.46. The number of H-pyrrole nitrogens is 1. The highest BCUT2D eigenvalue weighted by atomic mass is 32.2. The molecule has 6 heteroatoms. The lowest BCUT2D eigenvalue weighted by molar-refractivity contribution is 0.313. The van der Waals surface area contributed by atoms with Crippen LogP contribution >= 0.6 is 11.8 Å². The van der Waals surface area contributed by atoms with Gasteiger partial charge in [-0.15, -0.1) is 0 Å². The second-order valence-corrected chi connectivity index (χ2v) is 5.56. The molecule has 0 unspecified atom stereocenters. The Morgan fingerprint density at radius 2 is 2.14 bits per heavy atom. The van der Waals surface area contributed by atoms with Crippen molar-refractivity contribution >= 4 is 11.8 Å². The van der Waals surface area contributed by atoms with Crippen LogP contribution in [-0.2, 0) is 13.1 Å². The maximum atomic E-state index is 11.5. The Kier molecular flexibility index (Phi) is 5.41. The molecular weight excluding hydrogens is 286 g/mol. The fourth-order valence-electron chi connectivity index (χ4n) is 2.08. The highest BCUT2D eigenvalue weighted by Crippen LogP contribution is 2.14. The highest BCUT2D eigenvalue weighted by Gasteiger charge is 2.06. The van der Waals surface area contributed by atoms with E-state index < -0.39 is 0 Å². The van der Waals surface area contributed by atoms with Crippen LogP contribution in [0.5, 0.6) is 5.75 Å². The molecule has 0 aliphatic rings. The number of methoxy groups -OCH3 is 1. The van der Waals surface area contributed by atoms with Crippen LogP contribution in [0.2, 0.25) is 0 Å². The van der Waals surface area contributed by atoms with Gasteiger partial charge in [0.1, 0.15) is 5.75 Å². The summed E-state index contributed by atoms with van der Waals surface area (Å²) >= 11 is 1.43. The molecule has 1 aromatic heterocycles. The molecule has 0 saturated heterocycles. The number of hydrogen-bond donors (Lipinski definition) is 1. The molecule has 0 spiro atoms. The minimum atomic E-state index is -0.112. The fourth-order valence-corrected chi connectivity index (χ4v) is 2.49. The number of aromatic amines is 1. The van der Waals surface area contributed by atoms with Gasteiger partial charge in [0.05, 0.1) is 12.8 Å². The quantitative estimate of drug-likeness (QED) is 0.654. The number of aromatic nitrogens is 2. The van der Waals surface area contributed by atoms with E-state index in [-0.39, 0.29) is 5.56 Å². The summed E-state index contributed by atoms with van der Waals surface area (Å²) in [5.41, 5.74) is 1.82. The lowest BCUT2D eigenvalue weighted by atomic mass is 10.2. The molecule has 21 heavy (non-hydrogen) atoms. The van der Waals surface area contributed by atoms with Crippen LogP contribution in [-0.4, -0.2) is 35.3 Å². The van der Waals surface area contributed by atoms with Gasteiger partial charge in [-0.3, -0.25) is 9.69 Å². The normalized spacial score (nSPS) is 10.9. The summed E-state index contributed by atoms with van der Waals surface area (Å²) in [7, 11) is 3.66. The van der Waals surface area contributed by atoms with E-state index in [2.05, 4.69) is 20.9 Å². The largest absolute Gasteiger partial charge is 0.497 e. The first-order chi connectivity index (χ1) is 10.1. The Morgan fingerprint density at radius 1 is 1.33 bits per heavy atom. The number of benzene rings is 1. The van der Waals surface area contributed by atoms with Gasteiger partial charge >= 0.3 is 0 Å². The van der Waals surface area contributed by atoms with Crippen LogP contribution in [0.3, 0.4) is 0 Å². The van der Waals surface area contributed by atoms with E-state index in [9.17, 15) is 4.79 Å². The number of nitrogens with one attached hydrogen (secondary N) is 1. The molecule has 0 bridgehead atoms. The van der Waals surface area contributed by atoms with Gasteiger partial charge in [0.2, 0.25) is 0 Å². The number of ether oxygens (including phenoxy) is 1. The molecule has 5 nitrogen and oxygen atoms in total. The zero-order valence-electron chi connectivity index (χ0n) is 12.4. The predicted octanol–water partition coefficient (Wildman–Crippen LogP) is 2.13. The van der Waals surface area contributed by atoms with E-state index in [0.717, 1.165) is 23.6 Å². The van der Waals surface area contributed by atoms with Crippen molar-refractivity contribution in [3.63, 3.8) is 0 Å². The summed E-state index contributed by atoms with van der Waals surface area (Å²) in [4.78, 5) is 20.8. The first-order valence-corrected chi connectivity index (χ1v) is 7.79. The number of nitrogens with zero attached hydrogens (tertiary/aromatic N) is 2. The van der Waals surface area contributed by atoms with Crippen LogP contribution in [0.15, 0.2) is 40.3 Å². The van der Waals surface area contributed by atoms with E-state index in [1.807, 2.05) is 31.5 Å². The van der Waals surface area contributed by atoms with Gasteiger partial charge in [0.15, 0.2) is 5.16 Å². The summed E-state index contributed by atoms with van der Waals surface area (Å²) in [6, 6.07) is 9.50. The topological polar surface area (TPSA) is 58.2 Å². The van der Waals surface area contributed by atoms with Crippen molar-refractivity contribution in [2.24, 2.45) is 0 Å². The van der Waals surface area contributed by atoms with Gasteiger partial charge in [0, 0.05) is 19.2 Å². The smallest absolute Gasteiger partial charge is 0.251 e. The van der Waals surface area contributed by atoms with Crippen molar-refractivity contribution in [2.45, 2.75) is 18.2 Å². The predicted molar refractivity (Wildman–Crippen MR) is 84.8 cm³/mol. The van der Waals surface area contributed by atoms with E-state index >= 15 is 0 Å². The second-order valence-electron chi connectivity index (χ2n) is 4.77. The molecule has 1 heterocycles. The fraction of sp³-hybridized carbons (Fsp3) is 0.333. The van der Waals surface area contributed by atoms with Gasteiger partial charge in [-0.05, 0) is 31.0 Å². The molecule has 0 radical (unpaired) electrons. The maximum absolute atomic E-state index is 11.5. The van der Waals surface area contributed by atoms with Gasteiger partial charge in [-0.1, -0.05) is 23.9 Å². The van der Waals surface area contributed by atoms with Crippen LogP contribution in [0, 0.1) is 0 Å². The highest BCUT2D eigenvalue weighted by molar-refractivity contribution is 7.98. The van der Waals surface area contributed by atoms with E-state index in [1.54, 1.807) is 13.2 Å². The molecule has 0 aliphatic carbocycles. The minimum absolute atomic E-state index is 0.112. The Balaban J connectivity index is 2.05. The van der Waals surface area contributed by atoms with Crippen molar-refractivity contribution in [1.82, 2.24) is 14.9 Å². The van der Waals surface area contributed by atoms with E-state index in [1.165, 1.54) is 11.8 Å². The van der Waals surface area contributed by atoms with Crippen LogP contribution in [0.25, 0.3) is 0 Å². The van der Waals surface area contributed by atoms with Crippen molar-refractivity contribution in [2.75, 3.05) is 20.4 Å². The van der Waals surface area contributed by atoms with E-state index in [4.69, 9.17) is 4.74 Å². The van der Waals surface area contributed by atoms with Gasteiger partial charge in [-0.25, -0.2) is 4.98 Å². The lowest BCUT2D eigenvalue weighted by Crippen LogP contribution is -2.20. The number of thioether (sulfide) groups is 1. The number of rotatable bonds is 6. The third kappa shape index (κ3) is 4.61. The molecule has 2 rings (SSSR count). The second kappa shape index (κ2) is 7.28. The van der Waals surface area contributed by atoms with Gasteiger partial charge in [0.25, 0.3) is 5.56 Å². The lowest BCUT2D eigenvalue weighted by Gasteiger charge is -2.16. The SMILES string of the molecule is COc1cccc(CN(C)Cc2cc(=O)[nH]c(SC)n2)c1. The van der Waals surface area contributed by atoms with E-state index in [0.29, 0.717) is 11.7 Å². The molecule has 1 aromatic carbocycles. The van der Waals surface area contributed by atoms with Crippen LogP contribution in [0.1, 0.15) is 11.3 Å². The third-order valence-corrected chi connectivity index (χ3v) is 3.56. The summed E-state index contributed by atoms with van der Waals surface area (Å²) < 4.78 is 5.22. The van der Waals surface area contributed by atoms with Crippen LogP contribution < -0.4 is 10.3 Å². The Labute approximate surface area is 128 Å². The maximum Gasteiger partial charge on any atom is 0.251 e. The standard InChI is InChI=1S/C15H19N3O2S/c1-18(9-11-5-4-6-13(7-11)20-2)10-12-8-14(19)17-15(16-12)21-3/h4-8H,9-10H2,1-3H3,(H,16,17,19). The Bertz CT molecular complexity index is 657. The zero-order valence-corrected chi connectivity index (χ0v) is 13.2. The summed E-state index contributed by atoms with van der Waals surface area (Å²) in [5.74, 6) is 0.847. The summed E-state index contributed by atoms with van der Waals surface area (Å²) in [6.07, 6.45) is 1.89. The van der Waals surface area contributed by atoms with Gasteiger partial charge in [-0.2, -0.15) is 0 Å². The average molecular weight is 305 g/mol. The first kappa shape index (κ1) is 15.6. The van der Waals surface area contributed by atoms with Crippen molar-refractivity contribution in [3.05, 3.63) is 51.9 Å². The molecule has 0 fully saturated rings. The van der Waals surface area contributed by atoms with Crippen molar-refractivity contribution in [1.29, 1.82) is 0 Å². The number of hydrogen-bond acceptors (Lipinski definition) is 5. The van der Waals surface area contributed by atoms with Gasteiger partial charge < -0.3 is 9.72 Å². The molecule has 2 aromatic rings. The van der Waals surface area contributed by atoms with Crippen LogP contribution in [0.4, 0.5) is 0 Å². The van der Waals surface area contributed by atoms with Crippen molar-refractivity contribution in [3.8, 4) is 5.75 Å². The Morgan fingerprint density at radius 3 is 2.86 bits per heavy atom.